The topological polar surface area (TPSA) is 60.5 Å². The van der Waals surface area contributed by atoms with E-state index in [0.717, 1.165) is 25.9 Å². The Hall–Kier alpha value is -1.17. The second kappa shape index (κ2) is 6.32. The molecule has 0 saturated carbocycles. The minimum absolute atomic E-state index is 0.0712. The Bertz CT molecular complexity index is 496. The van der Waals surface area contributed by atoms with Crippen LogP contribution in [-0.4, -0.2) is 36.8 Å². The molecule has 2 heterocycles. The summed E-state index contributed by atoms with van der Waals surface area (Å²) in [7, 11) is 3.79. The highest BCUT2D eigenvalue weighted by molar-refractivity contribution is 5.29. The van der Waals surface area contributed by atoms with Crippen molar-refractivity contribution >= 4 is 0 Å². The Kier molecular flexibility index (Phi) is 4.74. The molecule has 0 aromatic carbocycles. The first-order valence-electron chi connectivity index (χ1n) is 6.79. The predicted molar refractivity (Wildman–Crippen MR) is 75.1 cm³/mol. The van der Waals surface area contributed by atoms with Crippen molar-refractivity contribution < 1.29 is 4.74 Å². The van der Waals surface area contributed by atoms with E-state index >= 15 is 0 Å². The number of rotatable bonds is 5. The molecule has 106 valence electrons. The van der Waals surface area contributed by atoms with Crippen LogP contribution in [0.5, 0.6) is 0 Å². The molecule has 19 heavy (non-hydrogen) atoms. The molecule has 0 amide bonds. The summed E-state index contributed by atoms with van der Waals surface area (Å²) in [6.45, 7) is 3.59. The van der Waals surface area contributed by atoms with Crippen molar-refractivity contribution in [2.45, 2.75) is 32.5 Å². The molecule has 1 aliphatic rings. The molecule has 0 fully saturated rings. The molecular weight excluding hydrogens is 242 g/mol. The Morgan fingerprint density at radius 2 is 2.26 bits per heavy atom. The minimum atomic E-state index is 0.0712. The van der Waals surface area contributed by atoms with E-state index in [1.807, 2.05) is 10.6 Å². The summed E-state index contributed by atoms with van der Waals surface area (Å²) in [6.07, 6.45) is 1.78. The second-order valence-corrected chi connectivity index (χ2v) is 5.14. The monoisotopic (exact) mass is 265 g/mol. The van der Waals surface area contributed by atoms with Gasteiger partial charge in [-0.25, -0.2) is 0 Å². The minimum Gasteiger partial charge on any atom is -0.385 e. The van der Waals surface area contributed by atoms with E-state index in [0.29, 0.717) is 25.3 Å². The van der Waals surface area contributed by atoms with Crippen molar-refractivity contribution in [1.29, 1.82) is 0 Å². The summed E-state index contributed by atoms with van der Waals surface area (Å²) in [5, 5.41) is 0. The van der Waals surface area contributed by atoms with Gasteiger partial charge in [0.05, 0.1) is 0 Å². The lowest BCUT2D eigenvalue weighted by molar-refractivity contribution is 0.189. The molecule has 0 aliphatic carbocycles. The molecule has 1 aromatic rings. The van der Waals surface area contributed by atoms with Gasteiger partial charge in [-0.1, -0.05) is 0 Å². The number of likely N-dealkylation sites (N-methyl/N-ethyl adjacent to an activating group) is 1. The van der Waals surface area contributed by atoms with Crippen LogP contribution in [0.4, 0.5) is 0 Å². The molecule has 0 spiro atoms. The Balaban J connectivity index is 2.38. The van der Waals surface area contributed by atoms with E-state index in [2.05, 4.69) is 11.9 Å². The zero-order chi connectivity index (χ0) is 13.8. The maximum Gasteiger partial charge on any atom is 0.255 e. The van der Waals surface area contributed by atoms with Gasteiger partial charge < -0.3 is 19.9 Å². The summed E-state index contributed by atoms with van der Waals surface area (Å²) in [5.41, 5.74) is 8.90. The highest BCUT2D eigenvalue weighted by Crippen LogP contribution is 2.18. The number of hydrogen-bond acceptors (Lipinski definition) is 4. The molecule has 5 nitrogen and oxygen atoms in total. The number of aromatic nitrogens is 1. The Labute approximate surface area is 114 Å². The van der Waals surface area contributed by atoms with Crippen LogP contribution < -0.4 is 11.3 Å². The van der Waals surface area contributed by atoms with Gasteiger partial charge in [0.15, 0.2) is 0 Å². The van der Waals surface area contributed by atoms with Crippen LogP contribution in [0.3, 0.4) is 0 Å². The van der Waals surface area contributed by atoms with Gasteiger partial charge in [0.1, 0.15) is 0 Å². The quantitative estimate of drug-likeness (QED) is 0.780. The number of pyridine rings is 1. The van der Waals surface area contributed by atoms with Crippen molar-refractivity contribution in [2.75, 3.05) is 27.3 Å². The van der Waals surface area contributed by atoms with Crippen LogP contribution >= 0.6 is 0 Å². The highest BCUT2D eigenvalue weighted by atomic mass is 16.5. The van der Waals surface area contributed by atoms with Crippen LogP contribution in [0.1, 0.15) is 23.2 Å². The van der Waals surface area contributed by atoms with Gasteiger partial charge in [0, 0.05) is 57.6 Å². The normalized spacial score (nSPS) is 15.5. The van der Waals surface area contributed by atoms with Crippen LogP contribution in [0.25, 0.3) is 0 Å². The third kappa shape index (κ3) is 3.05. The smallest absolute Gasteiger partial charge is 0.255 e. The first kappa shape index (κ1) is 14.2. The first-order valence-corrected chi connectivity index (χ1v) is 6.79. The van der Waals surface area contributed by atoms with Crippen molar-refractivity contribution in [3.8, 4) is 0 Å². The fourth-order valence-electron chi connectivity index (χ4n) is 2.67. The molecule has 0 radical (unpaired) electrons. The highest BCUT2D eigenvalue weighted by Gasteiger charge is 2.19. The molecule has 0 saturated heterocycles. The average Bonchev–Trinajstić information content (AvgIpc) is 2.41. The van der Waals surface area contributed by atoms with Crippen LogP contribution in [0, 0.1) is 0 Å². The number of fused-ring (bicyclic) bond motifs is 1. The van der Waals surface area contributed by atoms with E-state index in [9.17, 15) is 4.79 Å². The fraction of sp³-hybridized carbons (Fsp3) is 0.643. The van der Waals surface area contributed by atoms with Gasteiger partial charge in [-0.05, 0) is 25.1 Å². The lowest BCUT2D eigenvalue weighted by atomic mass is 10.0. The van der Waals surface area contributed by atoms with Gasteiger partial charge in [-0.3, -0.25) is 4.79 Å². The number of nitrogens with zero attached hydrogens (tertiary/aromatic N) is 2. The van der Waals surface area contributed by atoms with Crippen LogP contribution in [0.15, 0.2) is 10.9 Å². The lowest BCUT2D eigenvalue weighted by Gasteiger charge is -2.28. The summed E-state index contributed by atoms with van der Waals surface area (Å²) in [6, 6.07) is 1.99. The molecule has 1 aliphatic heterocycles. The first-order chi connectivity index (χ1) is 9.17. The SMILES string of the molecule is COCCCn1c2c(cc(CN)c1=O)CN(C)CC2. The molecule has 0 unspecified atom stereocenters. The second-order valence-electron chi connectivity index (χ2n) is 5.14. The van der Waals surface area contributed by atoms with E-state index in [4.69, 9.17) is 10.5 Å². The van der Waals surface area contributed by atoms with Gasteiger partial charge in [-0.2, -0.15) is 0 Å². The van der Waals surface area contributed by atoms with Gasteiger partial charge >= 0.3 is 0 Å². The van der Waals surface area contributed by atoms with Crippen LogP contribution in [0.2, 0.25) is 0 Å². The Morgan fingerprint density at radius 1 is 1.47 bits per heavy atom. The number of hydrogen-bond donors (Lipinski definition) is 1. The molecule has 2 rings (SSSR count). The van der Waals surface area contributed by atoms with Crippen molar-refractivity contribution in [2.24, 2.45) is 5.73 Å². The third-order valence-electron chi connectivity index (χ3n) is 3.69. The maximum atomic E-state index is 12.4. The largest absolute Gasteiger partial charge is 0.385 e. The predicted octanol–water partition coefficient (Wildman–Crippen LogP) is 0.331. The zero-order valence-corrected chi connectivity index (χ0v) is 11.8. The van der Waals surface area contributed by atoms with E-state index in [1.54, 1.807) is 7.11 Å². The summed E-state index contributed by atoms with van der Waals surface area (Å²) in [4.78, 5) is 14.6. The number of methoxy groups -OCH3 is 1. The van der Waals surface area contributed by atoms with Crippen molar-refractivity contribution in [1.82, 2.24) is 9.47 Å². The number of nitrogens with two attached hydrogens (primary N) is 1. The zero-order valence-electron chi connectivity index (χ0n) is 11.8. The van der Waals surface area contributed by atoms with Gasteiger partial charge in [0.2, 0.25) is 0 Å². The van der Waals surface area contributed by atoms with E-state index in [1.165, 1.54) is 11.3 Å². The molecule has 0 bridgehead atoms. The molecular formula is C14H23N3O2. The van der Waals surface area contributed by atoms with Crippen molar-refractivity contribution in [3.63, 3.8) is 0 Å². The summed E-state index contributed by atoms with van der Waals surface area (Å²) < 4.78 is 6.98. The molecule has 0 atom stereocenters. The molecule has 5 heteroatoms. The maximum absolute atomic E-state index is 12.4. The fourth-order valence-corrected chi connectivity index (χ4v) is 2.67. The average molecular weight is 265 g/mol. The van der Waals surface area contributed by atoms with Gasteiger partial charge in [0.25, 0.3) is 5.56 Å². The molecule has 2 N–H and O–H groups in total. The van der Waals surface area contributed by atoms with Crippen molar-refractivity contribution in [3.05, 3.63) is 33.2 Å². The lowest BCUT2D eigenvalue weighted by Crippen LogP contribution is -2.36. The van der Waals surface area contributed by atoms with E-state index < -0.39 is 0 Å². The Morgan fingerprint density at radius 3 is 2.95 bits per heavy atom. The van der Waals surface area contributed by atoms with E-state index in [-0.39, 0.29) is 5.56 Å². The molecule has 1 aromatic heterocycles. The summed E-state index contributed by atoms with van der Waals surface area (Å²) >= 11 is 0. The van der Waals surface area contributed by atoms with Gasteiger partial charge in [-0.15, -0.1) is 0 Å². The number of ether oxygens (including phenoxy) is 1. The summed E-state index contributed by atoms with van der Waals surface area (Å²) in [5.74, 6) is 0. The third-order valence-corrected chi connectivity index (χ3v) is 3.69. The standard InChI is InChI=1S/C14H23N3O2/c1-16-6-4-13-12(10-16)8-11(9-15)14(18)17(13)5-3-7-19-2/h8H,3-7,9-10,15H2,1-2H3. The van der Waals surface area contributed by atoms with Crippen LogP contribution in [-0.2, 0) is 30.8 Å².